The number of aryl methyl sites for hydroxylation is 1. The maximum atomic E-state index is 12.4. The Balaban J connectivity index is 1.85. The summed E-state index contributed by atoms with van der Waals surface area (Å²) in [6.45, 7) is 3.28. The zero-order valence-electron chi connectivity index (χ0n) is 10.4. The maximum absolute atomic E-state index is 12.4. The second-order valence-corrected chi connectivity index (χ2v) is 4.97. The monoisotopic (exact) mass is 244 g/mol. The molecule has 2 aliphatic rings. The second-order valence-electron chi connectivity index (χ2n) is 4.97. The number of benzene rings is 1. The van der Waals surface area contributed by atoms with E-state index in [4.69, 9.17) is 0 Å². The highest BCUT2D eigenvalue weighted by Gasteiger charge is 2.41. The Labute approximate surface area is 106 Å². The number of nitrogens with zero attached hydrogens (tertiary/aromatic N) is 2. The van der Waals surface area contributed by atoms with E-state index in [9.17, 15) is 9.59 Å². The molecule has 1 aromatic rings. The van der Waals surface area contributed by atoms with Crippen molar-refractivity contribution in [2.24, 2.45) is 0 Å². The predicted molar refractivity (Wildman–Crippen MR) is 68.3 cm³/mol. The molecule has 2 saturated heterocycles. The minimum absolute atomic E-state index is 0.0657. The molecule has 2 heterocycles. The first-order chi connectivity index (χ1) is 8.66. The van der Waals surface area contributed by atoms with Gasteiger partial charge in [0.1, 0.15) is 6.04 Å². The highest BCUT2D eigenvalue weighted by Crippen LogP contribution is 2.27. The normalized spacial score (nSPS) is 23.5. The fraction of sp³-hybridized carbons (Fsp3) is 0.429. The Morgan fingerprint density at radius 2 is 1.83 bits per heavy atom. The standard InChI is InChI=1S/C14H16N2O2/c1-10-2-4-11(5-3-10)15-8-9-16-12(14(15)18)6-7-13(16)17/h2-5,12H,6-9H2,1H3. The van der Waals surface area contributed by atoms with Crippen LogP contribution in [0, 0.1) is 6.92 Å². The van der Waals surface area contributed by atoms with Crippen molar-refractivity contribution in [3.8, 4) is 0 Å². The van der Waals surface area contributed by atoms with Gasteiger partial charge in [0.15, 0.2) is 0 Å². The minimum atomic E-state index is -0.229. The van der Waals surface area contributed by atoms with Crippen LogP contribution in [0.15, 0.2) is 24.3 Å². The van der Waals surface area contributed by atoms with Crippen molar-refractivity contribution in [1.29, 1.82) is 0 Å². The van der Waals surface area contributed by atoms with Gasteiger partial charge < -0.3 is 9.80 Å². The molecular formula is C14H16N2O2. The van der Waals surface area contributed by atoms with Crippen molar-refractivity contribution in [1.82, 2.24) is 4.90 Å². The van der Waals surface area contributed by atoms with E-state index in [0.717, 1.165) is 5.69 Å². The van der Waals surface area contributed by atoms with E-state index in [1.165, 1.54) is 5.56 Å². The van der Waals surface area contributed by atoms with Gasteiger partial charge in [-0.3, -0.25) is 9.59 Å². The Bertz CT molecular complexity index is 495. The number of carbonyl (C=O) groups excluding carboxylic acids is 2. The molecule has 0 saturated carbocycles. The molecule has 0 N–H and O–H groups in total. The summed E-state index contributed by atoms with van der Waals surface area (Å²) in [7, 11) is 0. The van der Waals surface area contributed by atoms with Crippen molar-refractivity contribution in [3.05, 3.63) is 29.8 Å². The Morgan fingerprint density at radius 1 is 1.11 bits per heavy atom. The summed E-state index contributed by atoms with van der Waals surface area (Å²) in [5, 5.41) is 0. The zero-order valence-corrected chi connectivity index (χ0v) is 10.4. The summed E-state index contributed by atoms with van der Waals surface area (Å²) >= 11 is 0. The number of amides is 2. The molecule has 0 bridgehead atoms. The number of carbonyl (C=O) groups is 2. The number of fused-ring (bicyclic) bond motifs is 1. The maximum Gasteiger partial charge on any atom is 0.249 e. The zero-order chi connectivity index (χ0) is 12.7. The fourth-order valence-electron chi connectivity index (χ4n) is 2.75. The molecule has 4 heteroatoms. The summed E-state index contributed by atoms with van der Waals surface area (Å²) in [5.74, 6) is 0.188. The van der Waals surface area contributed by atoms with Crippen molar-refractivity contribution < 1.29 is 9.59 Å². The van der Waals surface area contributed by atoms with Gasteiger partial charge in [-0.15, -0.1) is 0 Å². The summed E-state index contributed by atoms with van der Waals surface area (Å²) < 4.78 is 0. The van der Waals surface area contributed by atoms with Gasteiger partial charge in [0.05, 0.1) is 0 Å². The van der Waals surface area contributed by atoms with E-state index in [2.05, 4.69) is 0 Å². The Morgan fingerprint density at radius 3 is 2.56 bits per heavy atom. The summed E-state index contributed by atoms with van der Waals surface area (Å²) in [4.78, 5) is 27.5. The molecule has 18 heavy (non-hydrogen) atoms. The molecule has 1 aromatic carbocycles. The molecule has 0 radical (unpaired) electrons. The van der Waals surface area contributed by atoms with Crippen LogP contribution in [-0.4, -0.2) is 35.8 Å². The summed E-state index contributed by atoms with van der Waals surface area (Å²) in [5.41, 5.74) is 2.12. The minimum Gasteiger partial charge on any atom is -0.329 e. The Kier molecular flexibility index (Phi) is 2.58. The van der Waals surface area contributed by atoms with Crippen molar-refractivity contribution in [2.75, 3.05) is 18.0 Å². The number of hydrogen-bond donors (Lipinski definition) is 0. The van der Waals surface area contributed by atoms with E-state index in [1.807, 2.05) is 31.2 Å². The van der Waals surface area contributed by atoms with E-state index in [-0.39, 0.29) is 17.9 Å². The van der Waals surface area contributed by atoms with Crippen molar-refractivity contribution >= 4 is 17.5 Å². The van der Waals surface area contributed by atoms with Crippen LogP contribution in [0.1, 0.15) is 18.4 Å². The summed E-state index contributed by atoms with van der Waals surface area (Å²) in [6.07, 6.45) is 1.18. The van der Waals surface area contributed by atoms with Gasteiger partial charge in [0.25, 0.3) is 0 Å². The van der Waals surface area contributed by atoms with Gasteiger partial charge in [0, 0.05) is 25.2 Å². The predicted octanol–water partition coefficient (Wildman–Crippen LogP) is 1.33. The lowest BCUT2D eigenvalue weighted by Crippen LogP contribution is -2.55. The van der Waals surface area contributed by atoms with Gasteiger partial charge in [0.2, 0.25) is 11.8 Å². The molecule has 0 spiro atoms. The first-order valence-electron chi connectivity index (χ1n) is 6.34. The molecule has 0 aliphatic carbocycles. The largest absolute Gasteiger partial charge is 0.329 e. The lowest BCUT2D eigenvalue weighted by atomic mass is 10.1. The number of hydrogen-bond acceptors (Lipinski definition) is 2. The van der Waals surface area contributed by atoms with Crippen LogP contribution in [0.3, 0.4) is 0 Å². The first-order valence-corrected chi connectivity index (χ1v) is 6.34. The number of rotatable bonds is 1. The molecule has 0 aromatic heterocycles. The van der Waals surface area contributed by atoms with Crippen molar-refractivity contribution in [2.45, 2.75) is 25.8 Å². The van der Waals surface area contributed by atoms with Crippen LogP contribution in [-0.2, 0) is 9.59 Å². The second kappa shape index (κ2) is 4.12. The SMILES string of the molecule is Cc1ccc(N2CCN3C(=O)CCC3C2=O)cc1. The summed E-state index contributed by atoms with van der Waals surface area (Å²) in [6, 6.07) is 7.73. The van der Waals surface area contributed by atoms with E-state index in [0.29, 0.717) is 25.9 Å². The quantitative estimate of drug-likeness (QED) is 0.748. The van der Waals surface area contributed by atoms with Crippen LogP contribution >= 0.6 is 0 Å². The topological polar surface area (TPSA) is 40.6 Å². The van der Waals surface area contributed by atoms with Gasteiger partial charge in [-0.05, 0) is 25.5 Å². The van der Waals surface area contributed by atoms with Gasteiger partial charge in [-0.25, -0.2) is 0 Å². The highest BCUT2D eigenvalue weighted by molar-refractivity contribution is 6.02. The average molecular weight is 244 g/mol. The number of anilines is 1. The van der Waals surface area contributed by atoms with Gasteiger partial charge >= 0.3 is 0 Å². The molecule has 1 atom stereocenters. The average Bonchev–Trinajstić information content (AvgIpc) is 2.74. The lowest BCUT2D eigenvalue weighted by Gasteiger charge is -2.36. The molecule has 3 rings (SSSR count). The van der Waals surface area contributed by atoms with Crippen LogP contribution in [0.25, 0.3) is 0 Å². The van der Waals surface area contributed by atoms with E-state index < -0.39 is 0 Å². The fourth-order valence-corrected chi connectivity index (χ4v) is 2.75. The van der Waals surface area contributed by atoms with Crippen LogP contribution in [0.4, 0.5) is 5.69 Å². The van der Waals surface area contributed by atoms with Gasteiger partial charge in [-0.1, -0.05) is 17.7 Å². The molecule has 1 unspecified atom stereocenters. The van der Waals surface area contributed by atoms with Gasteiger partial charge in [-0.2, -0.15) is 0 Å². The third kappa shape index (κ3) is 1.68. The molecule has 2 fully saturated rings. The smallest absolute Gasteiger partial charge is 0.249 e. The van der Waals surface area contributed by atoms with E-state index >= 15 is 0 Å². The molecule has 2 amide bonds. The van der Waals surface area contributed by atoms with E-state index in [1.54, 1.807) is 9.80 Å². The van der Waals surface area contributed by atoms with Crippen LogP contribution < -0.4 is 4.90 Å². The lowest BCUT2D eigenvalue weighted by molar-refractivity contribution is -0.136. The third-order valence-electron chi connectivity index (χ3n) is 3.79. The van der Waals surface area contributed by atoms with Crippen LogP contribution in [0.2, 0.25) is 0 Å². The highest BCUT2D eigenvalue weighted by atomic mass is 16.2. The Hall–Kier alpha value is -1.84. The first kappa shape index (κ1) is 11.3. The molecular weight excluding hydrogens is 228 g/mol. The third-order valence-corrected chi connectivity index (χ3v) is 3.79. The number of piperazine rings is 1. The molecule has 4 nitrogen and oxygen atoms in total. The van der Waals surface area contributed by atoms with Crippen LogP contribution in [0.5, 0.6) is 0 Å². The molecule has 2 aliphatic heterocycles. The van der Waals surface area contributed by atoms with Crippen molar-refractivity contribution in [3.63, 3.8) is 0 Å². The molecule has 94 valence electrons.